The number of ether oxygens (including phenoxy) is 1. The molecule has 8 heteroatoms. The van der Waals surface area contributed by atoms with Gasteiger partial charge in [0.25, 0.3) is 0 Å². The lowest BCUT2D eigenvalue weighted by molar-refractivity contribution is 0.385. The van der Waals surface area contributed by atoms with Crippen molar-refractivity contribution in [2.24, 2.45) is 0 Å². The Bertz CT molecular complexity index is 620. The second kappa shape index (κ2) is 7.74. The Morgan fingerprint density at radius 3 is 2.81 bits per heavy atom. The van der Waals surface area contributed by atoms with Crippen LogP contribution in [0.5, 0.6) is 5.75 Å². The molecule has 1 aliphatic rings. The van der Waals surface area contributed by atoms with E-state index in [1.165, 1.54) is 19.2 Å². The van der Waals surface area contributed by atoms with E-state index in [9.17, 15) is 12.8 Å². The molecule has 0 amide bonds. The first-order valence-corrected chi connectivity index (χ1v) is 7.73. The zero-order chi connectivity index (χ0) is 14.6. The van der Waals surface area contributed by atoms with Crippen molar-refractivity contribution in [2.75, 3.05) is 26.7 Å². The number of sulfonamides is 1. The van der Waals surface area contributed by atoms with Crippen molar-refractivity contribution < 1.29 is 17.5 Å². The Labute approximate surface area is 130 Å². The molecule has 0 aromatic heterocycles. The predicted octanol–water partition coefficient (Wildman–Crippen LogP) is 1.45. The molecule has 0 spiro atoms. The molecule has 1 aliphatic heterocycles. The number of hydrogen-bond acceptors (Lipinski definition) is 4. The van der Waals surface area contributed by atoms with Crippen LogP contribution in [0.3, 0.4) is 0 Å². The van der Waals surface area contributed by atoms with Crippen molar-refractivity contribution in [1.82, 2.24) is 10.0 Å². The van der Waals surface area contributed by atoms with Crippen molar-refractivity contribution in [2.45, 2.75) is 11.3 Å². The molecule has 0 unspecified atom stereocenters. The van der Waals surface area contributed by atoms with Crippen LogP contribution in [0.2, 0.25) is 0 Å². The Morgan fingerprint density at radius 1 is 1.43 bits per heavy atom. The van der Waals surface area contributed by atoms with Crippen LogP contribution in [0, 0.1) is 5.82 Å². The van der Waals surface area contributed by atoms with Crippen LogP contribution in [0.25, 0.3) is 0 Å². The fourth-order valence-corrected chi connectivity index (χ4v) is 2.96. The quantitative estimate of drug-likeness (QED) is 0.799. The molecule has 0 bridgehead atoms. The summed E-state index contributed by atoms with van der Waals surface area (Å²) in [6.45, 7) is 1.86. The average Bonchev–Trinajstić information content (AvgIpc) is 2.46. The van der Waals surface area contributed by atoms with E-state index < -0.39 is 15.8 Å². The summed E-state index contributed by atoms with van der Waals surface area (Å²) in [7, 11) is -2.37. The van der Waals surface area contributed by atoms with E-state index >= 15 is 0 Å². The van der Waals surface area contributed by atoms with Gasteiger partial charge in [0, 0.05) is 19.2 Å². The summed E-state index contributed by atoms with van der Waals surface area (Å²) in [4.78, 5) is -0.00900. The molecule has 0 atom stereocenters. The van der Waals surface area contributed by atoms with Crippen LogP contribution in [0.1, 0.15) is 6.42 Å². The van der Waals surface area contributed by atoms with Gasteiger partial charge in [-0.1, -0.05) is 11.6 Å². The largest absolute Gasteiger partial charge is 0.494 e. The minimum atomic E-state index is -3.67. The van der Waals surface area contributed by atoms with Crippen molar-refractivity contribution in [3.8, 4) is 5.75 Å². The normalized spacial score (nSPS) is 15.0. The maximum Gasteiger partial charge on any atom is 0.240 e. The van der Waals surface area contributed by atoms with Crippen LogP contribution in [0.4, 0.5) is 4.39 Å². The molecule has 21 heavy (non-hydrogen) atoms. The first kappa shape index (κ1) is 17.9. The van der Waals surface area contributed by atoms with Gasteiger partial charge in [0.2, 0.25) is 10.0 Å². The van der Waals surface area contributed by atoms with Crippen molar-refractivity contribution in [3.05, 3.63) is 35.7 Å². The maximum absolute atomic E-state index is 13.3. The first-order valence-electron chi connectivity index (χ1n) is 6.25. The van der Waals surface area contributed by atoms with E-state index in [1.54, 1.807) is 0 Å². The lowest BCUT2D eigenvalue weighted by Gasteiger charge is -2.15. The molecule has 1 aromatic rings. The summed E-state index contributed by atoms with van der Waals surface area (Å²) in [5.41, 5.74) is 1.04. The molecule has 5 nitrogen and oxygen atoms in total. The predicted molar refractivity (Wildman–Crippen MR) is 81.0 cm³/mol. The number of halogens is 2. The van der Waals surface area contributed by atoms with Gasteiger partial charge in [-0.05, 0) is 25.1 Å². The van der Waals surface area contributed by atoms with Gasteiger partial charge in [-0.2, -0.15) is 0 Å². The highest BCUT2D eigenvalue weighted by Gasteiger charge is 2.17. The molecule has 0 radical (unpaired) electrons. The van der Waals surface area contributed by atoms with Crippen LogP contribution in [-0.4, -0.2) is 35.2 Å². The van der Waals surface area contributed by atoms with Gasteiger partial charge in [0.1, 0.15) is 0 Å². The van der Waals surface area contributed by atoms with Gasteiger partial charge in [-0.25, -0.2) is 17.5 Å². The molecule has 2 rings (SSSR count). The van der Waals surface area contributed by atoms with Crippen LogP contribution in [0.15, 0.2) is 34.7 Å². The monoisotopic (exact) mass is 336 g/mol. The van der Waals surface area contributed by atoms with Crippen LogP contribution in [-0.2, 0) is 10.0 Å². The zero-order valence-corrected chi connectivity index (χ0v) is 13.2. The summed E-state index contributed by atoms with van der Waals surface area (Å²) in [6, 6.07) is 3.47. The highest BCUT2D eigenvalue weighted by atomic mass is 35.5. The van der Waals surface area contributed by atoms with E-state index in [0.29, 0.717) is 0 Å². The highest BCUT2D eigenvalue weighted by molar-refractivity contribution is 7.89. The third-order valence-corrected chi connectivity index (χ3v) is 4.48. The van der Waals surface area contributed by atoms with Gasteiger partial charge in [0.05, 0.1) is 12.0 Å². The summed E-state index contributed by atoms with van der Waals surface area (Å²) < 4.78 is 44.8. The van der Waals surface area contributed by atoms with E-state index in [2.05, 4.69) is 10.0 Å². The molecule has 0 fully saturated rings. The summed E-state index contributed by atoms with van der Waals surface area (Å²) in [6.07, 6.45) is 2.78. The second-order valence-corrected chi connectivity index (χ2v) is 6.20. The van der Waals surface area contributed by atoms with Crippen molar-refractivity contribution in [1.29, 1.82) is 0 Å². The van der Waals surface area contributed by atoms with Gasteiger partial charge < -0.3 is 10.1 Å². The summed E-state index contributed by atoms with van der Waals surface area (Å²) >= 11 is 0. The SMILES string of the molecule is COc1cc(S(=O)(=O)NCC2=CCNCC2)ccc1F.Cl. The minimum absolute atomic E-state index is 0. The number of rotatable bonds is 5. The van der Waals surface area contributed by atoms with Gasteiger partial charge >= 0.3 is 0 Å². The smallest absolute Gasteiger partial charge is 0.240 e. The molecule has 118 valence electrons. The third-order valence-electron chi connectivity index (χ3n) is 3.08. The molecule has 0 saturated carbocycles. The molecule has 0 saturated heterocycles. The molecule has 0 aliphatic carbocycles. The molecule has 1 heterocycles. The standard InChI is InChI=1S/C13H17FN2O3S.ClH/c1-19-13-8-11(2-3-12(13)14)20(17,18)16-9-10-4-6-15-7-5-10;/h2-4,8,15-16H,5-7,9H2,1H3;1H. The molecular formula is C13H18ClFN2O3S. The Hall–Kier alpha value is -1.15. The number of methoxy groups -OCH3 is 1. The fourth-order valence-electron chi connectivity index (χ4n) is 1.91. The van der Waals surface area contributed by atoms with Crippen LogP contribution < -0.4 is 14.8 Å². The Kier molecular flexibility index (Phi) is 6.60. The topological polar surface area (TPSA) is 67.4 Å². The van der Waals surface area contributed by atoms with Crippen molar-refractivity contribution >= 4 is 22.4 Å². The highest BCUT2D eigenvalue weighted by Crippen LogP contribution is 2.21. The lowest BCUT2D eigenvalue weighted by atomic mass is 10.1. The van der Waals surface area contributed by atoms with E-state index in [4.69, 9.17) is 4.74 Å². The van der Waals surface area contributed by atoms with E-state index in [-0.39, 0.29) is 29.6 Å². The molecule has 1 aromatic carbocycles. The maximum atomic E-state index is 13.3. The van der Waals surface area contributed by atoms with E-state index in [0.717, 1.165) is 31.1 Å². The number of nitrogens with one attached hydrogen (secondary N) is 2. The zero-order valence-electron chi connectivity index (χ0n) is 11.6. The Morgan fingerprint density at radius 2 is 2.19 bits per heavy atom. The number of benzene rings is 1. The fraction of sp³-hybridized carbons (Fsp3) is 0.385. The van der Waals surface area contributed by atoms with Gasteiger partial charge in [0.15, 0.2) is 11.6 Å². The van der Waals surface area contributed by atoms with Crippen LogP contribution >= 0.6 is 12.4 Å². The summed E-state index contributed by atoms with van der Waals surface area (Å²) in [5, 5.41) is 3.15. The third kappa shape index (κ3) is 4.67. The van der Waals surface area contributed by atoms with E-state index in [1.807, 2.05) is 6.08 Å². The lowest BCUT2D eigenvalue weighted by Crippen LogP contribution is -2.29. The second-order valence-electron chi connectivity index (χ2n) is 4.44. The Balaban J connectivity index is 0.00000220. The summed E-state index contributed by atoms with van der Waals surface area (Å²) in [5.74, 6) is -0.679. The van der Waals surface area contributed by atoms with Gasteiger partial charge in [-0.3, -0.25) is 0 Å². The first-order chi connectivity index (χ1) is 9.53. The number of hydrogen-bond donors (Lipinski definition) is 2. The van der Waals surface area contributed by atoms with Crippen molar-refractivity contribution in [3.63, 3.8) is 0 Å². The van der Waals surface area contributed by atoms with Gasteiger partial charge in [-0.15, -0.1) is 12.4 Å². The minimum Gasteiger partial charge on any atom is -0.494 e. The molecule has 2 N–H and O–H groups in total. The molecular weight excluding hydrogens is 319 g/mol. The average molecular weight is 337 g/mol.